The topological polar surface area (TPSA) is 26.0 Å². The van der Waals surface area contributed by atoms with E-state index < -0.39 is 0 Å². The zero-order chi connectivity index (χ0) is 17.2. The zero-order valence-electron chi connectivity index (χ0n) is 14.1. The first-order valence-corrected chi connectivity index (χ1v) is 9.62. The van der Waals surface area contributed by atoms with E-state index in [0.29, 0.717) is 11.1 Å². The summed E-state index contributed by atoms with van der Waals surface area (Å²) in [5.41, 5.74) is 4.05. The third-order valence-corrected chi connectivity index (χ3v) is 5.50. The van der Waals surface area contributed by atoms with Gasteiger partial charge in [-0.1, -0.05) is 54.6 Å². The highest BCUT2D eigenvalue weighted by molar-refractivity contribution is 7.98. The van der Waals surface area contributed by atoms with E-state index in [-0.39, 0.29) is 0 Å². The van der Waals surface area contributed by atoms with Crippen molar-refractivity contribution in [3.05, 3.63) is 78.9 Å². The predicted octanol–water partition coefficient (Wildman–Crippen LogP) is 6.63. The van der Waals surface area contributed by atoms with Crippen LogP contribution in [0, 0.1) is 0 Å². The van der Waals surface area contributed by atoms with E-state index in [9.17, 15) is 0 Å². The molecule has 0 saturated carbocycles. The number of fused-ring (bicyclic) bond motifs is 2. The second-order valence-corrected chi connectivity index (χ2v) is 7.03. The van der Waals surface area contributed by atoms with Crippen molar-refractivity contribution in [2.75, 3.05) is 6.26 Å². The molecule has 0 aliphatic heterocycles. The van der Waals surface area contributed by atoms with Gasteiger partial charge in [0.1, 0.15) is 5.52 Å². The summed E-state index contributed by atoms with van der Waals surface area (Å²) in [6.45, 7) is 3.92. The zero-order valence-corrected chi connectivity index (χ0v) is 14.9. The Morgan fingerprint density at radius 1 is 1.08 bits per heavy atom. The Hall–Kier alpha value is -2.52. The van der Waals surface area contributed by atoms with Gasteiger partial charge in [-0.2, -0.15) is 11.8 Å². The van der Waals surface area contributed by atoms with E-state index in [1.807, 2.05) is 42.1 Å². The first kappa shape index (κ1) is 16.0. The van der Waals surface area contributed by atoms with Gasteiger partial charge in [0.05, 0.1) is 0 Å². The molecule has 124 valence electrons. The van der Waals surface area contributed by atoms with Crippen LogP contribution in [0.3, 0.4) is 0 Å². The molecule has 2 nitrogen and oxygen atoms in total. The van der Waals surface area contributed by atoms with Crippen LogP contribution >= 0.6 is 11.8 Å². The molecule has 0 bridgehead atoms. The number of thioether (sulfide) groups is 1. The van der Waals surface area contributed by atoms with Gasteiger partial charge in [-0.15, -0.1) is 6.58 Å². The van der Waals surface area contributed by atoms with Crippen molar-refractivity contribution in [3.63, 3.8) is 0 Å². The molecule has 25 heavy (non-hydrogen) atoms. The predicted molar refractivity (Wildman–Crippen MR) is 108 cm³/mol. The van der Waals surface area contributed by atoms with Gasteiger partial charge in [-0.25, -0.2) is 4.98 Å². The van der Waals surface area contributed by atoms with Crippen LogP contribution in [0.1, 0.15) is 17.2 Å². The lowest BCUT2D eigenvalue weighted by molar-refractivity contribution is 0.619. The summed E-state index contributed by atoms with van der Waals surface area (Å²) in [5.74, 6) is 0.691. The molecule has 1 aromatic heterocycles. The van der Waals surface area contributed by atoms with Crippen LogP contribution < -0.4 is 0 Å². The second-order valence-electron chi connectivity index (χ2n) is 5.99. The molecule has 1 unspecified atom stereocenters. The van der Waals surface area contributed by atoms with Crippen LogP contribution in [0.4, 0.5) is 0 Å². The number of hydrogen-bond donors (Lipinski definition) is 0. The minimum Gasteiger partial charge on any atom is -0.436 e. The molecule has 3 aromatic carbocycles. The van der Waals surface area contributed by atoms with E-state index in [0.717, 1.165) is 23.1 Å². The fourth-order valence-corrected chi connectivity index (χ4v) is 4.05. The highest BCUT2D eigenvalue weighted by Crippen LogP contribution is 2.41. The van der Waals surface area contributed by atoms with Crippen LogP contribution in [0.25, 0.3) is 33.3 Å². The van der Waals surface area contributed by atoms with Crippen molar-refractivity contribution in [3.8, 4) is 11.5 Å². The van der Waals surface area contributed by atoms with Crippen molar-refractivity contribution >= 4 is 33.6 Å². The average molecular weight is 345 g/mol. The number of benzene rings is 3. The summed E-state index contributed by atoms with van der Waals surface area (Å²) in [6.07, 6.45) is 5.03. The van der Waals surface area contributed by atoms with Gasteiger partial charge >= 0.3 is 0 Å². The van der Waals surface area contributed by atoms with Crippen LogP contribution in [0.5, 0.6) is 0 Å². The maximum absolute atomic E-state index is 6.13. The maximum Gasteiger partial charge on any atom is 0.228 e. The van der Waals surface area contributed by atoms with Crippen molar-refractivity contribution in [2.24, 2.45) is 0 Å². The molecule has 0 fully saturated rings. The lowest BCUT2D eigenvalue weighted by Crippen LogP contribution is -1.97. The molecule has 0 amide bonds. The highest BCUT2D eigenvalue weighted by Gasteiger charge is 2.20. The molecule has 0 aliphatic carbocycles. The fraction of sp³-hybridized carbons (Fsp3) is 0.136. The molecule has 1 heterocycles. The summed E-state index contributed by atoms with van der Waals surface area (Å²) < 4.78 is 6.13. The number of aromatic nitrogens is 1. The molecule has 1 atom stereocenters. The minimum absolute atomic E-state index is 0.326. The summed E-state index contributed by atoms with van der Waals surface area (Å²) in [6, 6.07) is 20.7. The number of allylic oxidation sites excluding steroid dienone is 1. The third kappa shape index (κ3) is 2.85. The van der Waals surface area contributed by atoms with Gasteiger partial charge in [0, 0.05) is 10.8 Å². The largest absolute Gasteiger partial charge is 0.436 e. The molecule has 3 heteroatoms. The quantitative estimate of drug-likeness (QED) is 0.380. The SMILES string of the molecule is C=CCC(SC)c1ccc2ccccc2c1-c1nc2ccccc2o1. The van der Waals surface area contributed by atoms with E-state index in [2.05, 4.69) is 49.2 Å². The van der Waals surface area contributed by atoms with Gasteiger partial charge in [0.25, 0.3) is 0 Å². The Kier molecular flexibility index (Phi) is 4.33. The number of rotatable bonds is 5. The van der Waals surface area contributed by atoms with Crippen LogP contribution in [-0.4, -0.2) is 11.2 Å². The summed E-state index contributed by atoms with van der Waals surface area (Å²) >= 11 is 1.83. The highest BCUT2D eigenvalue weighted by atomic mass is 32.2. The van der Waals surface area contributed by atoms with Crippen molar-refractivity contribution < 1.29 is 4.42 Å². The molecule has 0 saturated heterocycles. The van der Waals surface area contributed by atoms with Gasteiger partial charge < -0.3 is 4.42 Å². The molecule has 0 aliphatic rings. The Labute approximate surface area is 151 Å². The monoisotopic (exact) mass is 345 g/mol. The van der Waals surface area contributed by atoms with E-state index in [4.69, 9.17) is 9.40 Å². The van der Waals surface area contributed by atoms with Gasteiger partial charge in [-0.05, 0) is 41.1 Å². The van der Waals surface area contributed by atoms with Gasteiger partial charge in [-0.3, -0.25) is 0 Å². The average Bonchev–Trinajstić information content (AvgIpc) is 3.09. The molecule has 4 aromatic rings. The first-order chi connectivity index (χ1) is 12.3. The van der Waals surface area contributed by atoms with Crippen LogP contribution in [0.2, 0.25) is 0 Å². The molecule has 0 radical (unpaired) electrons. The summed E-state index contributed by atoms with van der Waals surface area (Å²) in [4.78, 5) is 4.77. The lowest BCUT2D eigenvalue weighted by atomic mass is 9.95. The second kappa shape index (κ2) is 6.77. The molecule has 0 N–H and O–H groups in total. The van der Waals surface area contributed by atoms with Crippen molar-refractivity contribution in [2.45, 2.75) is 11.7 Å². The Balaban J connectivity index is 2.02. The normalized spacial score (nSPS) is 12.5. The third-order valence-electron chi connectivity index (χ3n) is 4.48. The molecule has 4 rings (SSSR count). The first-order valence-electron chi connectivity index (χ1n) is 8.33. The van der Waals surface area contributed by atoms with E-state index in [1.165, 1.54) is 16.3 Å². The number of oxazole rings is 1. The van der Waals surface area contributed by atoms with E-state index >= 15 is 0 Å². The molecular weight excluding hydrogens is 326 g/mol. The molecule has 0 spiro atoms. The summed E-state index contributed by atoms with van der Waals surface area (Å²) in [7, 11) is 0. The number of nitrogens with zero attached hydrogens (tertiary/aromatic N) is 1. The summed E-state index contributed by atoms with van der Waals surface area (Å²) in [5, 5.41) is 2.70. The maximum atomic E-state index is 6.13. The Morgan fingerprint density at radius 3 is 2.68 bits per heavy atom. The smallest absolute Gasteiger partial charge is 0.228 e. The van der Waals surface area contributed by atoms with Crippen LogP contribution in [-0.2, 0) is 0 Å². The standard InChI is InChI=1S/C22H19NOS/c1-3-8-20(25-2)17-14-13-15-9-4-5-10-16(15)21(17)22-23-18-11-6-7-12-19(18)24-22/h3-7,9-14,20H,1,8H2,2H3. The lowest BCUT2D eigenvalue weighted by Gasteiger charge is -2.17. The number of para-hydroxylation sites is 2. The van der Waals surface area contributed by atoms with Gasteiger partial charge in [0.15, 0.2) is 5.58 Å². The Bertz CT molecular complexity index is 1020. The van der Waals surface area contributed by atoms with Crippen LogP contribution in [0.15, 0.2) is 77.7 Å². The van der Waals surface area contributed by atoms with Crippen molar-refractivity contribution in [1.29, 1.82) is 0 Å². The van der Waals surface area contributed by atoms with Crippen molar-refractivity contribution in [1.82, 2.24) is 4.98 Å². The molecular formula is C22H19NOS. The fourth-order valence-electron chi connectivity index (χ4n) is 3.28. The van der Waals surface area contributed by atoms with Gasteiger partial charge in [0.2, 0.25) is 5.89 Å². The Morgan fingerprint density at radius 2 is 1.88 bits per heavy atom. The number of hydrogen-bond acceptors (Lipinski definition) is 3. The minimum atomic E-state index is 0.326. The van der Waals surface area contributed by atoms with E-state index in [1.54, 1.807) is 0 Å².